The van der Waals surface area contributed by atoms with Crippen LogP contribution in [0.5, 0.6) is 11.5 Å². The maximum Gasteiger partial charge on any atom is 0.150 e. The van der Waals surface area contributed by atoms with E-state index in [1.54, 1.807) is 31.4 Å². The Hall–Kier alpha value is -3.07. The van der Waals surface area contributed by atoms with Gasteiger partial charge in [0.1, 0.15) is 24.4 Å². The molecule has 0 unspecified atom stereocenters. The Bertz CT molecular complexity index is 891. The molecule has 0 aliphatic rings. The highest BCUT2D eigenvalue weighted by Crippen LogP contribution is 2.35. The van der Waals surface area contributed by atoms with Crippen molar-refractivity contribution < 1.29 is 14.3 Å². The van der Waals surface area contributed by atoms with E-state index in [-0.39, 0.29) is 0 Å². The molecule has 0 aliphatic carbocycles. The van der Waals surface area contributed by atoms with Gasteiger partial charge in [0, 0.05) is 11.1 Å². The molecule has 0 aromatic heterocycles. The summed E-state index contributed by atoms with van der Waals surface area (Å²) >= 11 is 0. The lowest BCUT2D eigenvalue weighted by molar-refractivity contribution is 0.112. The van der Waals surface area contributed by atoms with Crippen LogP contribution in [0.4, 0.5) is 0 Å². The van der Waals surface area contributed by atoms with E-state index in [1.165, 1.54) is 16.7 Å². The molecular weight excluding hydrogens is 324 g/mol. The Morgan fingerprint density at radius 3 is 2.23 bits per heavy atom. The van der Waals surface area contributed by atoms with E-state index in [0.717, 1.165) is 28.9 Å². The molecule has 0 atom stereocenters. The number of carbonyl (C=O) groups is 1. The van der Waals surface area contributed by atoms with Crippen molar-refractivity contribution in [3.05, 3.63) is 82.9 Å². The second kappa shape index (κ2) is 7.87. The van der Waals surface area contributed by atoms with Crippen molar-refractivity contribution in [3.8, 4) is 22.6 Å². The van der Waals surface area contributed by atoms with E-state index in [4.69, 9.17) is 9.47 Å². The van der Waals surface area contributed by atoms with Gasteiger partial charge in [0.2, 0.25) is 0 Å². The number of ether oxygens (including phenoxy) is 2. The molecule has 0 N–H and O–H groups in total. The van der Waals surface area contributed by atoms with Crippen LogP contribution in [0, 0.1) is 13.8 Å². The molecule has 0 heterocycles. The van der Waals surface area contributed by atoms with Crippen molar-refractivity contribution in [3.63, 3.8) is 0 Å². The summed E-state index contributed by atoms with van der Waals surface area (Å²) in [6, 6.07) is 19.5. The van der Waals surface area contributed by atoms with E-state index in [2.05, 4.69) is 38.1 Å². The fraction of sp³-hybridized carbons (Fsp3) is 0.174. The second-order valence-electron chi connectivity index (χ2n) is 6.28. The molecule has 3 aromatic rings. The van der Waals surface area contributed by atoms with Gasteiger partial charge in [0.05, 0.1) is 7.11 Å². The maximum atomic E-state index is 10.7. The first-order chi connectivity index (χ1) is 12.6. The lowest BCUT2D eigenvalue weighted by atomic mass is 9.94. The standard InChI is InChI=1S/C23H22O3/c1-16-5-4-6-17(2)23(16)21-13-19(9-12-22(21)25-3)15-26-20-10-7-18(14-24)8-11-20/h4-14H,15H2,1-3H3. The molecule has 0 spiro atoms. The molecular formula is C23H22O3. The molecule has 0 aliphatic heterocycles. The highest BCUT2D eigenvalue weighted by atomic mass is 16.5. The second-order valence-corrected chi connectivity index (χ2v) is 6.28. The average molecular weight is 346 g/mol. The predicted molar refractivity (Wildman–Crippen MR) is 104 cm³/mol. The van der Waals surface area contributed by atoms with Crippen LogP contribution in [0.15, 0.2) is 60.7 Å². The molecule has 132 valence electrons. The number of hydrogen-bond donors (Lipinski definition) is 0. The fourth-order valence-electron chi connectivity index (χ4n) is 3.09. The first-order valence-electron chi connectivity index (χ1n) is 8.54. The van der Waals surface area contributed by atoms with Crippen LogP contribution >= 0.6 is 0 Å². The third-order valence-electron chi connectivity index (χ3n) is 4.44. The minimum absolute atomic E-state index is 0.447. The van der Waals surface area contributed by atoms with Gasteiger partial charge >= 0.3 is 0 Å². The predicted octanol–water partition coefficient (Wildman–Crippen LogP) is 5.37. The van der Waals surface area contributed by atoms with Crippen molar-refractivity contribution in [1.82, 2.24) is 0 Å². The van der Waals surface area contributed by atoms with E-state index in [0.29, 0.717) is 12.2 Å². The molecule has 3 nitrogen and oxygen atoms in total. The Morgan fingerprint density at radius 1 is 0.923 bits per heavy atom. The number of rotatable bonds is 6. The highest BCUT2D eigenvalue weighted by molar-refractivity contribution is 5.77. The summed E-state index contributed by atoms with van der Waals surface area (Å²) in [5.74, 6) is 1.58. The molecule has 0 saturated heterocycles. The van der Waals surface area contributed by atoms with Gasteiger partial charge in [-0.2, -0.15) is 0 Å². The fourth-order valence-corrected chi connectivity index (χ4v) is 3.09. The summed E-state index contributed by atoms with van der Waals surface area (Å²) in [6.45, 7) is 4.67. The Kier molecular flexibility index (Phi) is 5.37. The van der Waals surface area contributed by atoms with Crippen molar-refractivity contribution >= 4 is 6.29 Å². The third kappa shape index (κ3) is 3.77. The van der Waals surface area contributed by atoms with Gasteiger partial charge in [0.25, 0.3) is 0 Å². The van der Waals surface area contributed by atoms with Crippen molar-refractivity contribution in [1.29, 1.82) is 0 Å². The highest BCUT2D eigenvalue weighted by Gasteiger charge is 2.12. The van der Waals surface area contributed by atoms with E-state index >= 15 is 0 Å². The minimum Gasteiger partial charge on any atom is -0.496 e. The third-order valence-corrected chi connectivity index (χ3v) is 4.44. The van der Waals surface area contributed by atoms with Crippen LogP contribution in [-0.2, 0) is 6.61 Å². The molecule has 3 heteroatoms. The van der Waals surface area contributed by atoms with Gasteiger partial charge in [-0.25, -0.2) is 0 Å². The Balaban J connectivity index is 1.88. The Morgan fingerprint density at radius 2 is 1.62 bits per heavy atom. The van der Waals surface area contributed by atoms with Gasteiger partial charge < -0.3 is 9.47 Å². The average Bonchev–Trinajstić information content (AvgIpc) is 2.67. The van der Waals surface area contributed by atoms with Crippen LogP contribution in [0.25, 0.3) is 11.1 Å². The molecule has 0 bridgehead atoms. The van der Waals surface area contributed by atoms with E-state index in [1.807, 2.05) is 12.1 Å². The molecule has 0 fully saturated rings. The molecule has 0 amide bonds. The summed E-state index contributed by atoms with van der Waals surface area (Å²) in [5, 5.41) is 0. The molecule has 3 aromatic carbocycles. The molecule has 3 rings (SSSR count). The molecule has 0 saturated carbocycles. The number of hydrogen-bond acceptors (Lipinski definition) is 3. The minimum atomic E-state index is 0.447. The van der Waals surface area contributed by atoms with Gasteiger partial charge in [0.15, 0.2) is 0 Å². The van der Waals surface area contributed by atoms with Crippen LogP contribution in [0.2, 0.25) is 0 Å². The van der Waals surface area contributed by atoms with Crippen LogP contribution in [-0.4, -0.2) is 13.4 Å². The summed E-state index contributed by atoms with van der Waals surface area (Å²) in [6.07, 6.45) is 0.823. The maximum absolute atomic E-state index is 10.7. The summed E-state index contributed by atoms with van der Waals surface area (Å²) < 4.78 is 11.4. The van der Waals surface area contributed by atoms with E-state index in [9.17, 15) is 4.79 Å². The first-order valence-corrected chi connectivity index (χ1v) is 8.54. The van der Waals surface area contributed by atoms with Crippen molar-refractivity contribution in [2.75, 3.05) is 7.11 Å². The summed E-state index contributed by atoms with van der Waals surface area (Å²) in [4.78, 5) is 10.7. The molecule has 0 radical (unpaired) electrons. The van der Waals surface area contributed by atoms with Crippen LogP contribution in [0.3, 0.4) is 0 Å². The van der Waals surface area contributed by atoms with Crippen LogP contribution < -0.4 is 9.47 Å². The van der Waals surface area contributed by atoms with Gasteiger partial charge in [-0.3, -0.25) is 4.79 Å². The smallest absolute Gasteiger partial charge is 0.150 e. The van der Waals surface area contributed by atoms with Crippen molar-refractivity contribution in [2.24, 2.45) is 0 Å². The normalized spacial score (nSPS) is 10.4. The number of aldehydes is 1. The van der Waals surface area contributed by atoms with Gasteiger partial charge in [-0.15, -0.1) is 0 Å². The zero-order valence-electron chi connectivity index (χ0n) is 15.3. The number of benzene rings is 3. The number of aryl methyl sites for hydroxylation is 2. The van der Waals surface area contributed by atoms with Crippen molar-refractivity contribution in [2.45, 2.75) is 20.5 Å². The lowest BCUT2D eigenvalue weighted by Gasteiger charge is -2.16. The quantitative estimate of drug-likeness (QED) is 0.563. The van der Waals surface area contributed by atoms with Crippen LogP contribution in [0.1, 0.15) is 27.0 Å². The largest absolute Gasteiger partial charge is 0.496 e. The zero-order chi connectivity index (χ0) is 18.5. The Labute approximate surface area is 154 Å². The zero-order valence-corrected chi connectivity index (χ0v) is 15.3. The summed E-state index contributed by atoms with van der Waals surface area (Å²) in [7, 11) is 1.69. The first kappa shape index (κ1) is 17.7. The van der Waals surface area contributed by atoms with Gasteiger partial charge in [-0.05, 0) is 72.5 Å². The number of methoxy groups -OCH3 is 1. The topological polar surface area (TPSA) is 35.5 Å². The monoisotopic (exact) mass is 346 g/mol. The van der Waals surface area contributed by atoms with E-state index < -0.39 is 0 Å². The van der Waals surface area contributed by atoms with Gasteiger partial charge in [-0.1, -0.05) is 24.3 Å². The lowest BCUT2D eigenvalue weighted by Crippen LogP contribution is -1.98. The number of carbonyl (C=O) groups excluding carboxylic acids is 1. The summed E-state index contributed by atoms with van der Waals surface area (Å²) in [5.41, 5.74) is 6.39. The SMILES string of the molecule is COc1ccc(COc2ccc(C=O)cc2)cc1-c1c(C)cccc1C. The molecule has 26 heavy (non-hydrogen) atoms.